The molecule has 8 heteroatoms. The second kappa shape index (κ2) is 10.7. The Balaban J connectivity index is 2.21. The summed E-state index contributed by atoms with van der Waals surface area (Å²) in [5.41, 5.74) is 0.569. The molecule has 2 amide bonds. The summed E-state index contributed by atoms with van der Waals surface area (Å²) < 4.78 is 5.57. The fourth-order valence-corrected chi connectivity index (χ4v) is 3.24. The van der Waals surface area contributed by atoms with Crippen LogP contribution in [0.1, 0.15) is 26.3 Å². The van der Waals surface area contributed by atoms with Crippen LogP contribution < -0.4 is 10.1 Å². The van der Waals surface area contributed by atoms with Crippen LogP contribution >= 0.6 is 34.8 Å². The summed E-state index contributed by atoms with van der Waals surface area (Å²) in [6, 6.07) is 11.0. The first-order valence-corrected chi connectivity index (χ1v) is 10.2. The summed E-state index contributed by atoms with van der Waals surface area (Å²) in [5, 5.41) is 4.23. The molecule has 1 N–H and O–H groups in total. The lowest BCUT2D eigenvalue weighted by Gasteiger charge is -2.30. The van der Waals surface area contributed by atoms with E-state index in [-0.39, 0.29) is 31.0 Å². The van der Waals surface area contributed by atoms with E-state index in [1.807, 2.05) is 13.8 Å². The normalized spacial score (nSPS) is 11.8. The Morgan fingerprint density at radius 1 is 1.00 bits per heavy atom. The SMILES string of the molecule is CC(C)NC(=O)[C@H](C)N(Cc1c(Cl)cccc1Cl)C(=O)COc1ccc(Cl)cc1. The molecule has 0 fully saturated rings. The van der Waals surface area contributed by atoms with Gasteiger partial charge >= 0.3 is 0 Å². The van der Waals surface area contributed by atoms with Gasteiger partial charge in [0.25, 0.3) is 5.91 Å². The van der Waals surface area contributed by atoms with E-state index < -0.39 is 6.04 Å². The number of nitrogens with one attached hydrogen (secondary N) is 1. The number of benzene rings is 2. The summed E-state index contributed by atoms with van der Waals surface area (Å²) in [6.45, 7) is 5.19. The van der Waals surface area contributed by atoms with Crippen molar-refractivity contribution in [3.05, 3.63) is 63.1 Å². The van der Waals surface area contributed by atoms with Gasteiger partial charge in [0.1, 0.15) is 11.8 Å². The number of halogens is 3. The highest BCUT2D eigenvalue weighted by atomic mass is 35.5. The average molecular weight is 458 g/mol. The van der Waals surface area contributed by atoms with Gasteiger partial charge in [-0.1, -0.05) is 40.9 Å². The zero-order valence-electron chi connectivity index (χ0n) is 16.4. The lowest BCUT2D eigenvalue weighted by atomic mass is 10.1. The van der Waals surface area contributed by atoms with Gasteiger partial charge in [0, 0.05) is 33.2 Å². The molecule has 0 aliphatic heterocycles. The Morgan fingerprint density at radius 2 is 1.59 bits per heavy atom. The van der Waals surface area contributed by atoms with E-state index in [1.54, 1.807) is 49.4 Å². The van der Waals surface area contributed by atoms with Gasteiger partial charge in [0.05, 0.1) is 0 Å². The molecule has 2 aromatic carbocycles. The Labute approximate surface area is 185 Å². The quantitative estimate of drug-likeness (QED) is 0.609. The molecule has 5 nitrogen and oxygen atoms in total. The van der Waals surface area contributed by atoms with Crippen molar-refractivity contribution in [3.8, 4) is 5.75 Å². The number of nitrogens with zero attached hydrogens (tertiary/aromatic N) is 1. The predicted octanol–water partition coefficient (Wildman–Crippen LogP) is 4.97. The molecule has 0 aliphatic rings. The zero-order chi connectivity index (χ0) is 21.6. The van der Waals surface area contributed by atoms with E-state index in [2.05, 4.69) is 5.32 Å². The first kappa shape index (κ1) is 23.3. The highest BCUT2D eigenvalue weighted by Crippen LogP contribution is 2.26. The minimum Gasteiger partial charge on any atom is -0.484 e. The molecule has 0 unspecified atom stereocenters. The Morgan fingerprint density at radius 3 is 2.14 bits per heavy atom. The van der Waals surface area contributed by atoms with E-state index in [0.717, 1.165) is 0 Å². The van der Waals surface area contributed by atoms with Crippen LogP contribution in [0.2, 0.25) is 15.1 Å². The average Bonchev–Trinajstić information content (AvgIpc) is 2.66. The van der Waals surface area contributed by atoms with Gasteiger partial charge < -0.3 is 15.0 Å². The van der Waals surface area contributed by atoms with E-state index in [1.165, 1.54) is 4.90 Å². The zero-order valence-corrected chi connectivity index (χ0v) is 18.7. The summed E-state index contributed by atoms with van der Waals surface area (Å²) in [7, 11) is 0. The van der Waals surface area contributed by atoms with Crippen LogP contribution in [0.25, 0.3) is 0 Å². The van der Waals surface area contributed by atoms with Crippen molar-refractivity contribution in [1.29, 1.82) is 0 Å². The van der Waals surface area contributed by atoms with Crippen LogP contribution in [0.3, 0.4) is 0 Å². The van der Waals surface area contributed by atoms with Gasteiger partial charge in [0.15, 0.2) is 6.61 Å². The fourth-order valence-electron chi connectivity index (χ4n) is 2.60. The maximum Gasteiger partial charge on any atom is 0.261 e. The minimum atomic E-state index is -0.744. The van der Waals surface area contributed by atoms with Crippen molar-refractivity contribution in [2.75, 3.05) is 6.61 Å². The monoisotopic (exact) mass is 456 g/mol. The van der Waals surface area contributed by atoms with Crippen molar-refractivity contribution in [2.24, 2.45) is 0 Å². The molecule has 0 aromatic heterocycles. The number of hydrogen-bond acceptors (Lipinski definition) is 3. The Bertz CT molecular complexity index is 836. The molecule has 2 rings (SSSR count). The van der Waals surface area contributed by atoms with Gasteiger partial charge in [-0.05, 0) is 57.2 Å². The Hall–Kier alpha value is -1.95. The highest BCUT2D eigenvalue weighted by Gasteiger charge is 2.28. The van der Waals surface area contributed by atoms with Crippen LogP contribution in [0.5, 0.6) is 5.75 Å². The Kier molecular flexibility index (Phi) is 8.62. The highest BCUT2D eigenvalue weighted by molar-refractivity contribution is 6.36. The molecule has 0 radical (unpaired) electrons. The number of carbonyl (C=O) groups is 2. The van der Waals surface area contributed by atoms with E-state index in [4.69, 9.17) is 39.5 Å². The largest absolute Gasteiger partial charge is 0.484 e. The van der Waals surface area contributed by atoms with Gasteiger partial charge in [-0.3, -0.25) is 9.59 Å². The van der Waals surface area contributed by atoms with Crippen molar-refractivity contribution >= 4 is 46.6 Å². The summed E-state index contributed by atoms with van der Waals surface area (Å²) in [5.74, 6) is -0.150. The summed E-state index contributed by atoms with van der Waals surface area (Å²) >= 11 is 18.4. The smallest absolute Gasteiger partial charge is 0.261 e. The molecule has 0 saturated carbocycles. The molecule has 0 saturated heterocycles. The maximum atomic E-state index is 13.0. The molecule has 2 aromatic rings. The summed E-state index contributed by atoms with van der Waals surface area (Å²) in [4.78, 5) is 26.9. The van der Waals surface area contributed by atoms with Gasteiger partial charge in [0.2, 0.25) is 5.91 Å². The van der Waals surface area contributed by atoms with Crippen molar-refractivity contribution in [1.82, 2.24) is 10.2 Å². The number of ether oxygens (including phenoxy) is 1. The van der Waals surface area contributed by atoms with Gasteiger partial charge in [-0.25, -0.2) is 0 Å². The third kappa shape index (κ3) is 6.81. The minimum absolute atomic E-state index is 0.0591. The van der Waals surface area contributed by atoms with Crippen LogP contribution in [-0.2, 0) is 16.1 Å². The van der Waals surface area contributed by atoms with Crippen LogP contribution in [-0.4, -0.2) is 35.4 Å². The first-order chi connectivity index (χ1) is 13.7. The van der Waals surface area contributed by atoms with Crippen LogP contribution in [0.15, 0.2) is 42.5 Å². The van der Waals surface area contributed by atoms with Gasteiger partial charge in [-0.15, -0.1) is 0 Å². The molecule has 29 heavy (non-hydrogen) atoms. The molecule has 0 aliphatic carbocycles. The number of carbonyl (C=O) groups excluding carboxylic acids is 2. The standard InChI is InChI=1S/C21H23Cl3N2O3/c1-13(2)25-21(28)14(3)26(11-17-18(23)5-4-6-19(17)24)20(27)12-29-16-9-7-15(22)8-10-16/h4-10,13-14H,11-12H2,1-3H3,(H,25,28)/t14-/m0/s1. The molecule has 1 atom stereocenters. The third-order valence-corrected chi connectivity index (χ3v) is 5.12. The third-order valence-electron chi connectivity index (χ3n) is 4.16. The maximum absolute atomic E-state index is 13.0. The van der Waals surface area contributed by atoms with Crippen molar-refractivity contribution in [2.45, 2.75) is 39.4 Å². The molecular formula is C21H23Cl3N2O3. The molecular weight excluding hydrogens is 435 g/mol. The molecule has 0 heterocycles. The van der Waals surface area contributed by atoms with Crippen molar-refractivity contribution < 1.29 is 14.3 Å². The lowest BCUT2D eigenvalue weighted by Crippen LogP contribution is -2.50. The van der Waals surface area contributed by atoms with Crippen LogP contribution in [0.4, 0.5) is 0 Å². The number of hydrogen-bond donors (Lipinski definition) is 1. The predicted molar refractivity (Wildman–Crippen MR) is 117 cm³/mol. The lowest BCUT2D eigenvalue weighted by molar-refractivity contribution is -0.142. The van der Waals surface area contributed by atoms with Crippen molar-refractivity contribution in [3.63, 3.8) is 0 Å². The number of amides is 2. The first-order valence-electron chi connectivity index (χ1n) is 9.10. The van der Waals surface area contributed by atoms with E-state index >= 15 is 0 Å². The molecule has 0 spiro atoms. The summed E-state index contributed by atoms with van der Waals surface area (Å²) in [6.07, 6.45) is 0. The molecule has 0 bridgehead atoms. The molecule has 156 valence electrons. The van der Waals surface area contributed by atoms with Crippen LogP contribution in [0, 0.1) is 0 Å². The van der Waals surface area contributed by atoms with E-state index in [9.17, 15) is 9.59 Å². The topological polar surface area (TPSA) is 58.6 Å². The second-order valence-electron chi connectivity index (χ2n) is 6.80. The second-order valence-corrected chi connectivity index (χ2v) is 8.05. The van der Waals surface area contributed by atoms with Gasteiger partial charge in [-0.2, -0.15) is 0 Å². The fraction of sp³-hybridized carbons (Fsp3) is 0.333. The number of rotatable bonds is 8. The van der Waals surface area contributed by atoms with E-state index in [0.29, 0.717) is 26.4 Å².